The van der Waals surface area contributed by atoms with Gasteiger partial charge in [0.05, 0.1) is 22.6 Å². The second-order valence-corrected chi connectivity index (χ2v) is 9.53. The summed E-state index contributed by atoms with van der Waals surface area (Å²) in [6.45, 7) is 0.295. The van der Waals surface area contributed by atoms with Crippen molar-refractivity contribution in [1.82, 2.24) is 9.88 Å². The van der Waals surface area contributed by atoms with Crippen LogP contribution in [0.15, 0.2) is 48.7 Å². The van der Waals surface area contributed by atoms with E-state index in [0.29, 0.717) is 53.9 Å². The number of aliphatic carboxylic acids is 1. The van der Waals surface area contributed by atoms with E-state index in [4.69, 9.17) is 11.6 Å². The van der Waals surface area contributed by atoms with Crippen LogP contribution >= 0.6 is 11.6 Å². The van der Waals surface area contributed by atoms with Gasteiger partial charge in [-0.1, -0.05) is 36.6 Å². The third kappa shape index (κ3) is 5.99. The highest BCUT2D eigenvalue weighted by atomic mass is 35.5. The topological polar surface area (TPSA) is 71.3 Å². The van der Waals surface area contributed by atoms with E-state index < -0.39 is 17.7 Å². The lowest BCUT2D eigenvalue weighted by molar-refractivity contribution is -0.142. The van der Waals surface area contributed by atoms with E-state index in [1.54, 1.807) is 18.3 Å². The highest BCUT2D eigenvalue weighted by Crippen LogP contribution is 2.30. The number of nitrogens with one attached hydrogen (secondary N) is 1. The molecule has 0 bridgehead atoms. The number of halogens is 4. The maximum absolute atomic E-state index is 13.3. The third-order valence-electron chi connectivity index (χ3n) is 6.60. The zero-order valence-electron chi connectivity index (χ0n) is 18.9. The molecule has 0 radical (unpaired) electrons. The maximum atomic E-state index is 13.3. The Bertz CT molecular complexity index is 1210. The molecule has 2 aromatic carbocycles. The number of rotatable bonds is 5. The average molecular weight is 507 g/mol. The van der Waals surface area contributed by atoms with Crippen LogP contribution in [0.1, 0.15) is 60.0 Å². The molecule has 186 valence electrons. The minimum atomic E-state index is -4.40. The van der Waals surface area contributed by atoms with Crippen molar-refractivity contribution in [2.75, 3.05) is 0 Å². The van der Waals surface area contributed by atoms with Crippen LogP contribution in [0.4, 0.5) is 13.2 Å². The Kier molecular flexibility index (Phi) is 7.40. The van der Waals surface area contributed by atoms with Crippen molar-refractivity contribution in [3.63, 3.8) is 0 Å². The molecule has 4 rings (SSSR count). The first-order valence-electron chi connectivity index (χ1n) is 11.6. The van der Waals surface area contributed by atoms with Gasteiger partial charge in [-0.05, 0) is 61.6 Å². The molecule has 0 atom stereocenters. The number of hydrogen-bond acceptors (Lipinski definition) is 2. The molecule has 1 heterocycles. The standard InChI is InChI=1S/C26H26ClF3N2O3/c27-20-13-18-11-12-32(15-16-7-9-19(10-8-16)26(28,29)30)23(18)22(14-20)24(33)31-21-5-1-3-17(25(34)35)4-2-6-21/h7-14,17,21H,1-6,15H2,(H,31,33)(H,34,35). The Morgan fingerprint density at radius 3 is 2.29 bits per heavy atom. The molecule has 1 aromatic heterocycles. The number of carbonyl (C=O) groups excluding carboxylic acids is 1. The van der Waals surface area contributed by atoms with E-state index in [1.165, 1.54) is 12.1 Å². The van der Waals surface area contributed by atoms with Crippen molar-refractivity contribution in [3.05, 3.63) is 70.4 Å². The number of carbonyl (C=O) groups is 2. The van der Waals surface area contributed by atoms with Gasteiger partial charge in [0.25, 0.3) is 5.91 Å². The summed E-state index contributed by atoms with van der Waals surface area (Å²) in [6.07, 6.45) is 1.42. The monoisotopic (exact) mass is 506 g/mol. The molecule has 1 fully saturated rings. The molecule has 0 unspecified atom stereocenters. The third-order valence-corrected chi connectivity index (χ3v) is 6.82. The predicted octanol–water partition coefficient (Wildman–Crippen LogP) is 6.52. The van der Waals surface area contributed by atoms with Gasteiger partial charge in [0, 0.05) is 29.2 Å². The molecule has 0 saturated heterocycles. The van der Waals surface area contributed by atoms with Gasteiger partial charge in [0.15, 0.2) is 0 Å². The number of nitrogens with zero attached hydrogens (tertiary/aromatic N) is 1. The number of aromatic nitrogens is 1. The van der Waals surface area contributed by atoms with E-state index in [2.05, 4.69) is 5.32 Å². The molecule has 1 aliphatic rings. The zero-order valence-corrected chi connectivity index (χ0v) is 19.7. The molecule has 0 spiro atoms. The van der Waals surface area contributed by atoms with Crippen LogP contribution in [0.25, 0.3) is 10.9 Å². The van der Waals surface area contributed by atoms with Gasteiger partial charge in [-0.15, -0.1) is 0 Å². The first-order valence-corrected chi connectivity index (χ1v) is 12.0. The lowest BCUT2D eigenvalue weighted by atomic mass is 9.89. The minimum absolute atomic E-state index is 0.0652. The quantitative estimate of drug-likeness (QED) is 0.414. The van der Waals surface area contributed by atoms with Gasteiger partial charge >= 0.3 is 12.1 Å². The molecular weight excluding hydrogens is 481 g/mol. The van der Waals surface area contributed by atoms with E-state index in [9.17, 15) is 27.9 Å². The first-order chi connectivity index (χ1) is 16.6. The minimum Gasteiger partial charge on any atom is -0.481 e. The smallest absolute Gasteiger partial charge is 0.416 e. The number of benzene rings is 2. The highest BCUT2D eigenvalue weighted by molar-refractivity contribution is 6.32. The number of amides is 1. The van der Waals surface area contributed by atoms with E-state index in [0.717, 1.165) is 30.4 Å². The van der Waals surface area contributed by atoms with Crippen molar-refractivity contribution in [2.24, 2.45) is 5.92 Å². The Labute approximate surface area is 205 Å². The fourth-order valence-electron chi connectivity index (χ4n) is 4.78. The summed E-state index contributed by atoms with van der Waals surface area (Å²) in [4.78, 5) is 24.6. The van der Waals surface area contributed by atoms with Crippen LogP contribution < -0.4 is 5.32 Å². The van der Waals surface area contributed by atoms with Gasteiger partial charge in [-0.2, -0.15) is 13.2 Å². The van der Waals surface area contributed by atoms with Crippen molar-refractivity contribution in [3.8, 4) is 0 Å². The fourth-order valence-corrected chi connectivity index (χ4v) is 5.00. The van der Waals surface area contributed by atoms with Crippen molar-refractivity contribution in [2.45, 2.75) is 57.3 Å². The number of fused-ring (bicyclic) bond motifs is 1. The molecule has 3 aromatic rings. The number of alkyl halides is 3. The van der Waals surface area contributed by atoms with Crippen LogP contribution in [-0.2, 0) is 17.5 Å². The summed E-state index contributed by atoms with van der Waals surface area (Å²) in [7, 11) is 0. The normalized spacial score (nSPS) is 19.2. The Morgan fingerprint density at radius 1 is 1.03 bits per heavy atom. The van der Waals surface area contributed by atoms with Gasteiger partial charge in [-0.25, -0.2) is 0 Å². The van der Waals surface area contributed by atoms with Gasteiger partial charge in [0.2, 0.25) is 0 Å². The van der Waals surface area contributed by atoms with Gasteiger partial charge in [0.1, 0.15) is 0 Å². The molecule has 1 aliphatic carbocycles. The van der Waals surface area contributed by atoms with Crippen LogP contribution in [0.3, 0.4) is 0 Å². The molecule has 5 nitrogen and oxygen atoms in total. The maximum Gasteiger partial charge on any atom is 0.416 e. The van der Waals surface area contributed by atoms with Crippen LogP contribution in [0.2, 0.25) is 5.02 Å². The molecule has 35 heavy (non-hydrogen) atoms. The number of carboxylic acids is 1. The summed E-state index contributed by atoms with van der Waals surface area (Å²) in [5.74, 6) is -1.36. The summed E-state index contributed by atoms with van der Waals surface area (Å²) < 4.78 is 40.5. The molecule has 1 amide bonds. The molecule has 2 N–H and O–H groups in total. The Balaban J connectivity index is 1.54. The van der Waals surface area contributed by atoms with Crippen molar-refractivity contribution in [1.29, 1.82) is 0 Å². The summed E-state index contributed by atoms with van der Waals surface area (Å²) >= 11 is 6.28. The largest absolute Gasteiger partial charge is 0.481 e. The second-order valence-electron chi connectivity index (χ2n) is 9.10. The van der Waals surface area contributed by atoms with Crippen molar-refractivity contribution < 1.29 is 27.9 Å². The summed E-state index contributed by atoms with van der Waals surface area (Å²) in [5, 5.41) is 13.5. The zero-order chi connectivity index (χ0) is 25.2. The summed E-state index contributed by atoms with van der Waals surface area (Å²) in [6, 6.07) is 10.1. The van der Waals surface area contributed by atoms with Crippen molar-refractivity contribution >= 4 is 34.4 Å². The lowest BCUT2D eigenvalue weighted by Gasteiger charge is -2.24. The molecule has 0 aliphatic heterocycles. The highest BCUT2D eigenvalue weighted by Gasteiger charge is 2.30. The first kappa shape index (κ1) is 25.1. The predicted molar refractivity (Wildman–Crippen MR) is 128 cm³/mol. The summed E-state index contributed by atoms with van der Waals surface area (Å²) in [5.41, 5.74) is 1.02. The number of hydrogen-bond donors (Lipinski definition) is 2. The van der Waals surface area contributed by atoms with E-state index in [-0.39, 0.29) is 17.9 Å². The molecule has 9 heteroatoms. The van der Waals surface area contributed by atoms with Gasteiger partial charge < -0.3 is 15.0 Å². The Hall–Kier alpha value is -3.00. The van der Waals surface area contributed by atoms with E-state index >= 15 is 0 Å². The Morgan fingerprint density at radius 2 is 1.69 bits per heavy atom. The SMILES string of the molecule is O=C(NC1CCCC(C(=O)O)CCC1)c1cc(Cl)cc2ccn(Cc3ccc(C(F)(F)F)cc3)c12. The molecular formula is C26H26ClF3N2O3. The van der Waals surface area contributed by atoms with E-state index in [1.807, 2.05) is 10.6 Å². The van der Waals surface area contributed by atoms with Crippen LogP contribution in [-0.4, -0.2) is 27.6 Å². The number of carboxylic acid groups (broad SMARTS) is 1. The fraction of sp³-hybridized carbons (Fsp3) is 0.385. The lowest BCUT2D eigenvalue weighted by Crippen LogP contribution is -2.36. The van der Waals surface area contributed by atoms with Gasteiger partial charge in [-0.3, -0.25) is 9.59 Å². The molecule has 1 saturated carbocycles. The van der Waals surface area contributed by atoms with Crippen LogP contribution in [0, 0.1) is 5.92 Å². The second kappa shape index (κ2) is 10.3. The van der Waals surface area contributed by atoms with Crippen LogP contribution in [0.5, 0.6) is 0 Å². The average Bonchev–Trinajstić information content (AvgIpc) is 3.16.